The van der Waals surface area contributed by atoms with Crippen molar-refractivity contribution in [1.29, 1.82) is 0 Å². The number of hydrogen-bond donors (Lipinski definition) is 1. The van der Waals surface area contributed by atoms with Crippen LogP contribution in [0, 0.1) is 0 Å². The summed E-state index contributed by atoms with van der Waals surface area (Å²) in [4.78, 5) is 31.8. The van der Waals surface area contributed by atoms with Gasteiger partial charge >= 0.3 is 0 Å². The summed E-state index contributed by atoms with van der Waals surface area (Å²) in [6, 6.07) is 10.00. The topological polar surface area (TPSA) is 80.8 Å². The minimum absolute atomic E-state index is 0.0596. The number of nitrogens with one attached hydrogen (secondary N) is 1. The number of likely N-dealkylation sites (tertiary alicyclic amines) is 1. The quantitative estimate of drug-likeness (QED) is 0.751. The lowest BCUT2D eigenvalue weighted by Gasteiger charge is -2.37. The maximum atomic E-state index is 13.3. The van der Waals surface area contributed by atoms with E-state index >= 15 is 0 Å². The lowest BCUT2D eigenvalue weighted by Crippen LogP contribution is -2.45. The lowest BCUT2D eigenvalue weighted by molar-refractivity contribution is -0.135. The summed E-state index contributed by atoms with van der Waals surface area (Å²) in [6.07, 6.45) is 9.71. The average Bonchev–Trinajstić information content (AvgIpc) is 3.44. The number of rotatable bonds is 6. The second kappa shape index (κ2) is 8.81. The SMILES string of the molecule is O=C1CC[C@@](CCC(=O)N2CCCC[C@@H]2c2cccnc2)(Cc2ccc3c(c2)OCO3)N1. The van der Waals surface area contributed by atoms with Crippen molar-refractivity contribution in [1.82, 2.24) is 15.2 Å². The number of carbonyl (C=O) groups excluding carboxylic acids is 2. The number of nitrogens with zero attached hydrogens (tertiary/aromatic N) is 2. The van der Waals surface area contributed by atoms with Gasteiger partial charge in [0.05, 0.1) is 6.04 Å². The molecule has 32 heavy (non-hydrogen) atoms. The van der Waals surface area contributed by atoms with Crippen molar-refractivity contribution in [3.8, 4) is 11.5 Å². The van der Waals surface area contributed by atoms with Crippen molar-refractivity contribution < 1.29 is 19.1 Å². The van der Waals surface area contributed by atoms with Crippen molar-refractivity contribution >= 4 is 11.8 Å². The van der Waals surface area contributed by atoms with E-state index in [1.54, 1.807) is 6.20 Å². The third-order valence-electron chi connectivity index (χ3n) is 6.92. The summed E-state index contributed by atoms with van der Waals surface area (Å²) >= 11 is 0. The standard InChI is InChI=1S/C25H29N3O4/c29-23-8-10-25(27-23,15-18-6-7-21-22(14-18)32-17-31-21)11-9-24(30)28-13-2-1-5-20(28)19-4-3-12-26-16-19/h3-4,6-7,12,14,16,20H,1-2,5,8-11,13,15,17H2,(H,27,29)/t20-,25-/m1/s1. The van der Waals surface area contributed by atoms with Crippen molar-refractivity contribution in [3.63, 3.8) is 0 Å². The number of amides is 2. The Hall–Kier alpha value is -3.09. The minimum atomic E-state index is -0.403. The van der Waals surface area contributed by atoms with Crippen LogP contribution in [0.15, 0.2) is 42.7 Å². The first kappa shape index (κ1) is 20.8. The second-order valence-electron chi connectivity index (χ2n) is 9.08. The molecule has 5 rings (SSSR count). The van der Waals surface area contributed by atoms with Crippen LogP contribution < -0.4 is 14.8 Å². The van der Waals surface area contributed by atoms with Crippen molar-refractivity contribution in [2.45, 2.75) is 62.9 Å². The Morgan fingerprint density at radius 1 is 1.22 bits per heavy atom. The Morgan fingerprint density at radius 3 is 2.94 bits per heavy atom. The molecule has 1 aromatic heterocycles. The molecule has 7 nitrogen and oxygen atoms in total. The van der Waals surface area contributed by atoms with Crippen LogP contribution in [0.5, 0.6) is 11.5 Å². The van der Waals surface area contributed by atoms with Crippen LogP contribution in [-0.4, -0.2) is 40.6 Å². The van der Waals surface area contributed by atoms with Gasteiger partial charge in [-0.15, -0.1) is 0 Å². The molecule has 0 unspecified atom stereocenters. The first-order chi connectivity index (χ1) is 15.6. The van der Waals surface area contributed by atoms with Gasteiger partial charge in [0, 0.05) is 37.3 Å². The van der Waals surface area contributed by atoms with Crippen LogP contribution in [0.2, 0.25) is 0 Å². The van der Waals surface area contributed by atoms with Crippen LogP contribution in [0.4, 0.5) is 0 Å². The Bertz CT molecular complexity index is 996. The molecule has 0 saturated carbocycles. The van der Waals surface area contributed by atoms with Gasteiger partial charge in [-0.3, -0.25) is 14.6 Å². The Labute approximate surface area is 188 Å². The molecule has 0 aliphatic carbocycles. The number of pyridine rings is 1. The maximum Gasteiger partial charge on any atom is 0.231 e. The first-order valence-electron chi connectivity index (χ1n) is 11.5. The lowest BCUT2D eigenvalue weighted by atomic mass is 9.84. The second-order valence-corrected chi connectivity index (χ2v) is 9.08. The summed E-state index contributed by atoms with van der Waals surface area (Å²) in [6.45, 7) is 1.02. The van der Waals surface area contributed by atoms with E-state index in [1.165, 1.54) is 0 Å². The molecule has 2 atom stereocenters. The number of aromatic nitrogens is 1. The number of benzene rings is 1. The zero-order valence-corrected chi connectivity index (χ0v) is 18.2. The van der Waals surface area contributed by atoms with Crippen LogP contribution in [-0.2, 0) is 16.0 Å². The van der Waals surface area contributed by atoms with E-state index in [2.05, 4.69) is 16.4 Å². The number of piperidine rings is 1. The van der Waals surface area contributed by atoms with Gasteiger partial charge < -0.3 is 19.7 Å². The summed E-state index contributed by atoms with van der Waals surface area (Å²) in [5, 5.41) is 3.19. The number of fused-ring (bicyclic) bond motifs is 1. The van der Waals surface area contributed by atoms with Crippen molar-refractivity contribution in [2.24, 2.45) is 0 Å². The number of carbonyl (C=O) groups is 2. The average molecular weight is 436 g/mol. The molecule has 2 aromatic rings. The predicted molar refractivity (Wildman–Crippen MR) is 118 cm³/mol. The van der Waals surface area contributed by atoms with Crippen LogP contribution in [0.25, 0.3) is 0 Å². The van der Waals surface area contributed by atoms with Gasteiger partial charge in [-0.1, -0.05) is 12.1 Å². The highest BCUT2D eigenvalue weighted by molar-refractivity contribution is 5.80. The predicted octanol–water partition coefficient (Wildman–Crippen LogP) is 3.54. The fraction of sp³-hybridized carbons (Fsp3) is 0.480. The molecule has 3 aliphatic heterocycles. The third kappa shape index (κ3) is 4.29. The highest BCUT2D eigenvalue weighted by Gasteiger charge is 2.39. The highest BCUT2D eigenvalue weighted by atomic mass is 16.7. The zero-order valence-electron chi connectivity index (χ0n) is 18.2. The zero-order chi connectivity index (χ0) is 22.0. The Morgan fingerprint density at radius 2 is 2.12 bits per heavy atom. The fourth-order valence-electron chi connectivity index (χ4n) is 5.26. The van der Waals surface area contributed by atoms with E-state index in [9.17, 15) is 9.59 Å². The molecular formula is C25H29N3O4. The number of hydrogen-bond acceptors (Lipinski definition) is 5. The van der Waals surface area contributed by atoms with E-state index < -0.39 is 5.54 Å². The molecule has 168 valence electrons. The molecule has 2 amide bonds. The van der Waals surface area contributed by atoms with Gasteiger partial charge in [-0.25, -0.2) is 0 Å². The highest BCUT2D eigenvalue weighted by Crippen LogP contribution is 2.37. The summed E-state index contributed by atoms with van der Waals surface area (Å²) in [7, 11) is 0. The van der Waals surface area contributed by atoms with E-state index in [0.29, 0.717) is 25.7 Å². The van der Waals surface area contributed by atoms with Gasteiger partial charge in [-0.2, -0.15) is 0 Å². The monoisotopic (exact) mass is 435 g/mol. The Kier molecular flexibility index (Phi) is 5.72. The summed E-state index contributed by atoms with van der Waals surface area (Å²) in [5.74, 6) is 1.71. The summed E-state index contributed by atoms with van der Waals surface area (Å²) < 4.78 is 10.9. The summed E-state index contributed by atoms with van der Waals surface area (Å²) in [5.41, 5.74) is 1.78. The molecule has 2 fully saturated rings. The molecule has 4 heterocycles. The minimum Gasteiger partial charge on any atom is -0.454 e. The van der Waals surface area contributed by atoms with Crippen LogP contribution >= 0.6 is 0 Å². The number of ether oxygens (including phenoxy) is 2. The van der Waals surface area contributed by atoms with Gasteiger partial charge in [0.1, 0.15) is 0 Å². The van der Waals surface area contributed by atoms with Crippen LogP contribution in [0.3, 0.4) is 0 Å². The maximum absolute atomic E-state index is 13.3. The molecule has 0 spiro atoms. The Balaban J connectivity index is 1.29. The molecular weight excluding hydrogens is 406 g/mol. The first-order valence-corrected chi connectivity index (χ1v) is 11.5. The normalized spacial score (nSPS) is 24.4. The van der Waals surface area contributed by atoms with Gasteiger partial charge in [0.25, 0.3) is 0 Å². The largest absolute Gasteiger partial charge is 0.454 e. The molecule has 0 bridgehead atoms. The van der Waals surface area contributed by atoms with Crippen LogP contribution in [0.1, 0.15) is 62.1 Å². The smallest absolute Gasteiger partial charge is 0.231 e. The molecule has 3 aliphatic rings. The fourth-order valence-corrected chi connectivity index (χ4v) is 5.26. The third-order valence-corrected chi connectivity index (χ3v) is 6.92. The van der Waals surface area contributed by atoms with E-state index in [1.807, 2.05) is 35.4 Å². The molecule has 0 radical (unpaired) electrons. The van der Waals surface area contributed by atoms with E-state index in [4.69, 9.17) is 9.47 Å². The van der Waals surface area contributed by atoms with Gasteiger partial charge in [0.15, 0.2) is 11.5 Å². The molecule has 2 saturated heterocycles. The van der Waals surface area contributed by atoms with Gasteiger partial charge in [0.2, 0.25) is 18.6 Å². The van der Waals surface area contributed by atoms with Crippen molar-refractivity contribution in [3.05, 3.63) is 53.9 Å². The van der Waals surface area contributed by atoms with Crippen molar-refractivity contribution in [2.75, 3.05) is 13.3 Å². The van der Waals surface area contributed by atoms with E-state index in [0.717, 1.165) is 54.9 Å². The molecule has 1 aromatic carbocycles. The molecule has 1 N–H and O–H groups in total. The van der Waals surface area contributed by atoms with Gasteiger partial charge in [-0.05, 0) is 67.9 Å². The molecule has 7 heteroatoms. The van der Waals surface area contributed by atoms with E-state index in [-0.39, 0.29) is 24.6 Å².